The molecule has 0 amide bonds. The van der Waals surface area contributed by atoms with Crippen molar-refractivity contribution in [3.8, 4) is 33.8 Å². The second-order valence-corrected chi connectivity index (χ2v) is 9.01. The molecule has 0 saturated carbocycles. The molecule has 2 N–H and O–H groups in total. The number of rotatable bonds is 3. The van der Waals surface area contributed by atoms with Crippen molar-refractivity contribution in [1.82, 2.24) is 19.9 Å². The molecule has 0 unspecified atom stereocenters. The van der Waals surface area contributed by atoms with Crippen LogP contribution in [0.1, 0.15) is 0 Å². The quantitative estimate of drug-likeness (QED) is 0.271. The molecule has 0 aliphatic rings. The van der Waals surface area contributed by atoms with Gasteiger partial charge in [0.15, 0.2) is 0 Å². The molecule has 37 heavy (non-hydrogen) atoms. The minimum Gasteiger partial charge on any atom is -0.384 e. The van der Waals surface area contributed by atoms with Crippen LogP contribution in [0.5, 0.6) is 0 Å². The largest absolute Gasteiger partial charge is 0.384 e. The summed E-state index contributed by atoms with van der Waals surface area (Å²) in [5.41, 5.74) is 14.4. The predicted octanol–water partition coefficient (Wildman–Crippen LogP) is 7.31. The van der Waals surface area contributed by atoms with E-state index in [1.54, 1.807) is 6.20 Å². The molecule has 0 aliphatic carbocycles. The van der Waals surface area contributed by atoms with Crippen LogP contribution in [0.3, 0.4) is 0 Å². The highest BCUT2D eigenvalue weighted by Crippen LogP contribution is 2.36. The van der Waals surface area contributed by atoms with E-state index in [0.717, 1.165) is 66.5 Å². The summed E-state index contributed by atoms with van der Waals surface area (Å²) in [6, 6.07) is 36.8. The van der Waals surface area contributed by atoms with Gasteiger partial charge >= 0.3 is 0 Å². The zero-order chi connectivity index (χ0) is 24.8. The lowest BCUT2D eigenvalue weighted by Crippen LogP contribution is -1.95. The number of benzene rings is 3. The Balaban J connectivity index is 1.44. The smallest absolute Gasteiger partial charge is 0.124 e. The highest BCUT2D eigenvalue weighted by molar-refractivity contribution is 6.06. The number of nitrogens with zero attached hydrogens (tertiary/aromatic N) is 4. The molecular weight excluding hydrogens is 454 g/mol. The summed E-state index contributed by atoms with van der Waals surface area (Å²) in [7, 11) is 0. The minimum absolute atomic E-state index is 0.485. The van der Waals surface area contributed by atoms with Crippen LogP contribution in [0.4, 0.5) is 5.82 Å². The molecule has 0 fully saturated rings. The highest BCUT2D eigenvalue weighted by Gasteiger charge is 2.15. The lowest BCUT2D eigenvalue weighted by atomic mass is 9.95. The van der Waals surface area contributed by atoms with Gasteiger partial charge in [-0.2, -0.15) is 0 Å². The lowest BCUT2D eigenvalue weighted by molar-refractivity contribution is 1.28. The number of nitrogens with two attached hydrogens (primary N) is 1. The molecular formula is C32H21N5. The van der Waals surface area contributed by atoms with Gasteiger partial charge in [0.25, 0.3) is 0 Å². The SMILES string of the molecule is Nc1ccc2ccc3cc(-c4ccc5nc(-c6ccccn6)ccc5c4)c(-c4ccccc4)nc3c2n1. The maximum Gasteiger partial charge on any atom is 0.124 e. The van der Waals surface area contributed by atoms with E-state index >= 15 is 0 Å². The van der Waals surface area contributed by atoms with Crippen LogP contribution in [0.2, 0.25) is 0 Å². The van der Waals surface area contributed by atoms with Crippen molar-refractivity contribution in [2.45, 2.75) is 0 Å². The lowest BCUT2D eigenvalue weighted by Gasteiger charge is -2.13. The summed E-state index contributed by atoms with van der Waals surface area (Å²) < 4.78 is 0. The first-order chi connectivity index (χ1) is 18.2. The zero-order valence-corrected chi connectivity index (χ0v) is 19.8. The van der Waals surface area contributed by atoms with Crippen LogP contribution in [-0.4, -0.2) is 19.9 Å². The van der Waals surface area contributed by atoms with E-state index in [9.17, 15) is 0 Å². The first-order valence-corrected chi connectivity index (χ1v) is 12.1. The van der Waals surface area contributed by atoms with Crippen molar-refractivity contribution in [3.63, 3.8) is 0 Å². The fourth-order valence-electron chi connectivity index (χ4n) is 4.82. The van der Waals surface area contributed by atoms with Gasteiger partial charge in [0, 0.05) is 33.5 Å². The monoisotopic (exact) mass is 475 g/mol. The molecule has 7 aromatic rings. The fraction of sp³-hybridized carbons (Fsp3) is 0. The number of anilines is 1. The van der Waals surface area contributed by atoms with Gasteiger partial charge in [-0.25, -0.2) is 15.0 Å². The average molecular weight is 476 g/mol. The number of pyridine rings is 4. The third-order valence-corrected chi connectivity index (χ3v) is 6.64. The average Bonchev–Trinajstić information content (AvgIpc) is 2.97. The van der Waals surface area contributed by atoms with E-state index in [0.29, 0.717) is 5.82 Å². The van der Waals surface area contributed by atoms with Crippen molar-refractivity contribution in [1.29, 1.82) is 0 Å². The van der Waals surface area contributed by atoms with Gasteiger partial charge in [-0.1, -0.05) is 60.7 Å². The molecule has 0 aliphatic heterocycles. The van der Waals surface area contributed by atoms with E-state index in [1.807, 2.05) is 54.6 Å². The van der Waals surface area contributed by atoms with Crippen molar-refractivity contribution in [3.05, 3.63) is 115 Å². The molecule has 0 spiro atoms. The first-order valence-electron chi connectivity index (χ1n) is 12.1. The molecule has 4 heterocycles. The van der Waals surface area contributed by atoms with Crippen molar-refractivity contribution in [2.24, 2.45) is 0 Å². The fourth-order valence-corrected chi connectivity index (χ4v) is 4.82. The second-order valence-electron chi connectivity index (χ2n) is 9.01. The summed E-state index contributed by atoms with van der Waals surface area (Å²) >= 11 is 0. The van der Waals surface area contributed by atoms with Crippen LogP contribution in [0, 0.1) is 0 Å². The van der Waals surface area contributed by atoms with Gasteiger partial charge in [-0.05, 0) is 54.1 Å². The van der Waals surface area contributed by atoms with Crippen LogP contribution in [0.15, 0.2) is 115 Å². The standard InChI is InChI=1S/C32H21N5/c33-29-16-13-21-9-10-24-19-25(30(20-6-2-1-3-7-20)37-32(24)31(21)36-29)22-11-14-26-23(18-22)12-15-28(35-26)27-8-4-5-17-34-27/h1-19H,(H2,33,36). The number of hydrogen-bond donors (Lipinski definition) is 1. The molecule has 7 rings (SSSR count). The molecule has 3 aromatic carbocycles. The number of hydrogen-bond acceptors (Lipinski definition) is 5. The van der Waals surface area contributed by atoms with Crippen LogP contribution in [0.25, 0.3) is 66.5 Å². The molecule has 0 radical (unpaired) electrons. The Morgan fingerprint density at radius 3 is 2.16 bits per heavy atom. The summed E-state index contributed by atoms with van der Waals surface area (Å²) in [5, 5.41) is 3.09. The van der Waals surface area contributed by atoms with Crippen LogP contribution >= 0.6 is 0 Å². The van der Waals surface area contributed by atoms with Crippen molar-refractivity contribution in [2.75, 3.05) is 5.73 Å². The van der Waals surface area contributed by atoms with Crippen molar-refractivity contribution >= 4 is 38.5 Å². The number of fused-ring (bicyclic) bond motifs is 4. The Morgan fingerprint density at radius 2 is 1.30 bits per heavy atom. The van der Waals surface area contributed by atoms with Gasteiger partial charge in [0.1, 0.15) is 5.82 Å². The molecule has 0 atom stereocenters. The molecule has 0 saturated heterocycles. The van der Waals surface area contributed by atoms with E-state index in [2.05, 4.69) is 64.6 Å². The van der Waals surface area contributed by atoms with E-state index in [1.165, 1.54) is 0 Å². The van der Waals surface area contributed by atoms with Gasteiger partial charge in [-0.3, -0.25) is 4.98 Å². The number of nitrogen functional groups attached to an aromatic ring is 1. The summed E-state index contributed by atoms with van der Waals surface area (Å²) in [4.78, 5) is 19.1. The summed E-state index contributed by atoms with van der Waals surface area (Å²) in [5.74, 6) is 0.485. The Bertz CT molecular complexity index is 1930. The van der Waals surface area contributed by atoms with Crippen LogP contribution < -0.4 is 5.73 Å². The summed E-state index contributed by atoms with van der Waals surface area (Å²) in [6.07, 6.45) is 1.79. The van der Waals surface area contributed by atoms with Crippen molar-refractivity contribution < 1.29 is 0 Å². The number of aromatic nitrogens is 4. The molecule has 174 valence electrons. The maximum atomic E-state index is 6.04. The van der Waals surface area contributed by atoms with Gasteiger partial charge < -0.3 is 5.73 Å². The predicted molar refractivity (Wildman–Crippen MR) is 151 cm³/mol. The molecule has 5 nitrogen and oxygen atoms in total. The molecule has 4 aromatic heterocycles. The summed E-state index contributed by atoms with van der Waals surface area (Å²) in [6.45, 7) is 0. The second kappa shape index (κ2) is 8.50. The molecule has 5 heteroatoms. The Morgan fingerprint density at radius 1 is 0.514 bits per heavy atom. The van der Waals surface area contributed by atoms with E-state index in [-0.39, 0.29) is 0 Å². The third kappa shape index (κ3) is 3.74. The van der Waals surface area contributed by atoms with Crippen LogP contribution in [-0.2, 0) is 0 Å². The minimum atomic E-state index is 0.485. The van der Waals surface area contributed by atoms with Gasteiger partial charge in [0.2, 0.25) is 0 Å². The highest BCUT2D eigenvalue weighted by atomic mass is 14.8. The molecule has 0 bridgehead atoms. The van der Waals surface area contributed by atoms with E-state index < -0.39 is 0 Å². The Hall–Kier alpha value is -5.16. The Kier molecular flexibility index (Phi) is 4.86. The topological polar surface area (TPSA) is 77.6 Å². The first kappa shape index (κ1) is 21.1. The van der Waals surface area contributed by atoms with Gasteiger partial charge in [-0.15, -0.1) is 0 Å². The van der Waals surface area contributed by atoms with E-state index in [4.69, 9.17) is 15.7 Å². The zero-order valence-electron chi connectivity index (χ0n) is 19.8. The Labute approximate surface area is 213 Å². The van der Waals surface area contributed by atoms with Gasteiger partial charge in [0.05, 0.1) is 33.6 Å². The normalized spacial score (nSPS) is 11.4. The third-order valence-electron chi connectivity index (χ3n) is 6.64. The maximum absolute atomic E-state index is 6.04.